The van der Waals surface area contributed by atoms with Crippen LogP contribution in [0.25, 0.3) is 0 Å². The minimum Gasteiger partial charge on any atom is -0.481 e. The molecule has 4 heteroatoms. The predicted octanol–water partition coefficient (Wildman–Crippen LogP) is 1.90. The largest absolute Gasteiger partial charge is 0.481 e. The first-order chi connectivity index (χ1) is 7.03. The molecule has 0 radical (unpaired) electrons. The quantitative estimate of drug-likeness (QED) is 0.570. The summed E-state index contributed by atoms with van der Waals surface area (Å²) in [5, 5.41) is 12.8. The smallest absolute Gasteiger partial charge is 0.307 e. The van der Waals surface area contributed by atoms with E-state index in [2.05, 4.69) is 5.16 Å². The van der Waals surface area contributed by atoms with Crippen molar-refractivity contribution in [3.8, 4) is 0 Å². The Balaban J connectivity index is 1.82. The molecule has 2 saturated carbocycles. The lowest BCUT2D eigenvalue weighted by atomic mass is 9.97. The van der Waals surface area contributed by atoms with Crippen LogP contribution >= 0.6 is 0 Å². The van der Waals surface area contributed by atoms with Crippen LogP contribution in [0.2, 0.25) is 0 Å². The van der Waals surface area contributed by atoms with Gasteiger partial charge in [-0.3, -0.25) is 4.79 Å². The fourth-order valence-electron chi connectivity index (χ4n) is 2.09. The Labute approximate surface area is 89.3 Å². The second kappa shape index (κ2) is 3.51. The van der Waals surface area contributed by atoms with E-state index >= 15 is 0 Å². The number of carboxylic acid groups (broad SMARTS) is 1. The first kappa shape index (κ1) is 10.5. The molecule has 0 aliphatic heterocycles. The van der Waals surface area contributed by atoms with Crippen molar-refractivity contribution in [3.63, 3.8) is 0 Å². The number of rotatable bonds is 4. The highest BCUT2D eigenvalue weighted by Crippen LogP contribution is 2.57. The van der Waals surface area contributed by atoms with Gasteiger partial charge in [-0.05, 0) is 24.7 Å². The first-order valence-corrected chi connectivity index (χ1v) is 5.45. The summed E-state index contributed by atoms with van der Waals surface area (Å²) >= 11 is 0. The van der Waals surface area contributed by atoms with Gasteiger partial charge in [-0.25, -0.2) is 0 Å². The van der Waals surface area contributed by atoms with Gasteiger partial charge in [0.15, 0.2) is 0 Å². The molecule has 0 bridgehead atoms. The summed E-state index contributed by atoms with van der Waals surface area (Å²) in [7, 11) is 0. The van der Waals surface area contributed by atoms with E-state index in [0.29, 0.717) is 0 Å². The van der Waals surface area contributed by atoms with Gasteiger partial charge < -0.3 is 9.94 Å². The number of carbonyl (C=O) groups is 1. The van der Waals surface area contributed by atoms with Crippen molar-refractivity contribution in [1.82, 2.24) is 0 Å². The van der Waals surface area contributed by atoms with Crippen LogP contribution in [-0.4, -0.2) is 23.4 Å². The van der Waals surface area contributed by atoms with Gasteiger partial charge in [0.2, 0.25) is 0 Å². The second-order valence-electron chi connectivity index (χ2n) is 5.08. The Morgan fingerprint density at radius 2 is 2.20 bits per heavy atom. The van der Waals surface area contributed by atoms with Gasteiger partial charge >= 0.3 is 5.97 Å². The van der Waals surface area contributed by atoms with E-state index in [4.69, 9.17) is 9.94 Å². The fraction of sp³-hybridized carbons (Fsp3) is 0.818. The maximum absolute atomic E-state index is 10.8. The van der Waals surface area contributed by atoms with E-state index in [1.807, 2.05) is 13.8 Å². The van der Waals surface area contributed by atoms with Crippen molar-refractivity contribution in [2.24, 2.45) is 22.4 Å². The number of carboxylic acids is 1. The van der Waals surface area contributed by atoms with E-state index in [9.17, 15) is 4.79 Å². The van der Waals surface area contributed by atoms with Crippen LogP contribution in [0.15, 0.2) is 5.16 Å². The minimum atomic E-state index is -0.736. The number of hydrogen-bond donors (Lipinski definition) is 1. The van der Waals surface area contributed by atoms with Crippen LogP contribution in [0.4, 0.5) is 0 Å². The average molecular weight is 211 g/mol. The number of oxime groups is 1. The Morgan fingerprint density at radius 1 is 1.53 bits per heavy atom. The van der Waals surface area contributed by atoms with E-state index in [1.54, 1.807) is 6.21 Å². The molecule has 0 aromatic heterocycles. The van der Waals surface area contributed by atoms with Gasteiger partial charge in [-0.15, -0.1) is 0 Å². The van der Waals surface area contributed by atoms with E-state index in [0.717, 1.165) is 12.8 Å². The van der Waals surface area contributed by atoms with Gasteiger partial charge in [0.1, 0.15) is 6.10 Å². The summed E-state index contributed by atoms with van der Waals surface area (Å²) in [5.41, 5.74) is -0.168. The summed E-state index contributed by atoms with van der Waals surface area (Å²) in [6.45, 7) is 3.90. The van der Waals surface area contributed by atoms with Crippen LogP contribution < -0.4 is 0 Å². The molecule has 84 valence electrons. The minimum absolute atomic E-state index is 0.0232. The van der Waals surface area contributed by atoms with Crippen molar-refractivity contribution in [3.05, 3.63) is 0 Å². The number of nitrogens with zero attached hydrogens (tertiary/aromatic N) is 1. The highest BCUT2D eigenvalue weighted by molar-refractivity contribution is 5.84. The zero-order valence-electron chi connectivity index (χ0n) is 9.14. The molecule has 0 spiro atoms. The lowest BCUT2D eigenvalue weighted by molar-refractivity contribution is -0.139. The third-order valence-corrected chi connectivity index (χ3v) is 3.66. The molecule has 0 heterocycles. The summed E-state index contributed by atoms with van der Waals surface area (Å²) in [6, 6.07) is 0. The number of hydrogen-bond acceptors (Lipinski definition) is 3. The lowest BCUT2D eigenvalue weighted by Gasteiger charge is -2.22. The molecule has 0 aromatic rings. The van der Waals surface area contributed by atoms with Gasteiger partial charge in [-0.2, -0.15) is 0 Å². The standard InChI is InChI=1S/C11H17NO3/c1-11(2)8(9(11)10(13)14)6-12-15-7-4-3-5-7/h6-9H,3-5H2,1-2H3,(H,13,14)/t8-,9-/m0/s1. The summed E-state index contributed by atoms with van der Waals surface area (Å²) in [5.74, 6) is -1.01. The van der Waals surface area contributed by atoms with Crippen LogP contribution in [0.3, 0.4) is 0 Å². The third-order valence-electron chi connectivity index (χ3n) is 3.66. The lowest BCUT2D eigenvalue weighted by Crippen LogP contribution is -2.19. The first-order valence-electron chi connectivity index (χ1n) is 5.45. The molecule has 2 aliphatic rings. The zero-order chi connectivity index (χ0) is 11.1. The monoisotopic (exact) mass is 211 g/mol. The third kappa shape index (κ3) is 1.85. The maximum atomic E-state index is 10.8. The predicted molar refractivity (Wildman–Crippen MR) is 55.6 cm³/mol. The highest BCUT2D eigenvalue weighted by Gasteiger charge is 2.61. The summed E-state index contributed by atoms with van der Waals surface area (Å²) < 4.78 is 0. The molecule has 0 unspecified atom stereocenters. The molecule has 2 rings (SSSR count). The molecule has 1 N–H and O–H groups in total. The van der Waals surface area contributed by atoms with Gasteiger partial charge in [-0.1, -0.05) is 19.0 Å². The van der Waals surface area contributed by atoms with Crippen molar-refractivity contribution in [1.29, 1.82) is 0 Å². The van der Waals surface area contributed by atoms with Gasteiger partial charge in [0, 0.05) is 12.1 Å². The molecular weight excluding hydrogens is 194 g/mol. The van der Waals surface area contributed by atoms with E-state index in [1.165, 1.54) is 6.42 Å². The van der Waals surface area contributed by atoms with Crippen LogP contribution in [0, 0.1) is 17.3 Å². The Morgan fingerprint density at radius 3 is 2.60 bits per heavy atom. The van der Waals surface area contributed by atoms with Gasteiger partial charge in [0.25, 0.3) is 0 Å². The van der Waals surface area contributed by atoms with E-state index in [-0.39, 0.29) is 23.4 Å². The normalized spacial score (nSPS) is 33.7. The van der Waals surface area contributed by atoms with Crippen molar-refractivity contribution >= 4 is 12.2 Å². The van der Waals surface area contributed by atoms with Crippen molar-refractivity contribution in [2.75, 3.05) is 0 Å². The van der Waals surface area contributed by atoms with Gasteiger partial charge in [0.05, 0.1) is 5.92 Å². The maximum Gasteiger partial charge on any atom is 0.307 e. The topological polar surface area (TPSA) is 58.9 Å². The second-order valence-corrected chi connectivity index (χ2v) is 5.08. The summed E-state index contributed by atoms with van der Waals surface area (Å²) in [6.07, 6.45) is 5.30. The Hall–Kier alpha value is -1.06. The molecule has 0 amide bonds. The zero-order valence-corrected chi connectivity index (χ0v) is 9.14. The summed E-state index contributed by atoms with van der Waals surface area (Å²) in [4.78, 5) is 16.1. The van der Waals surface area contributed by atoms with Crippen LogP contribution in [0.5, 0.6) is 0 Å². The molecular formula is C11H17NO3. The number of aliphatic carboxylic acids is 1. The van der Waals surface area contributed by atoms with Crippen molar-refractivity contribution < 1.29 is 14.7 Å². The Kier molecular flexibility index (Phi) is 2.44. The highest BCUT2D eigenvalue weighted by atomic mass is 16.6. The average Bonchev–Trinajstić information content (AvgIpc) is 2.58. The SMILES string of the molecule is CC1(C)[C@H](C(=O)O)[C@@H]1C=NOC1CCC1. The molecule has 4 nitrogen and oxygen atoms in total. The van der Waals surface area contributed by atoms with Crippen molar-refractivity contribution in [2.45, 2.75) is 39.2 Å². The molecule has 2 aliphatic carbocycles. The molecule has 0 saturated heterocycles. The molecule has 2 atom stereocenters. The molecule has 2 fully saturated rings. The molecule has 15 heavy (non-hydrogen) atoms. The van der Waals surface area contributed by atoms with Crippen LogP contribution in [0.1, 0.15) is 33.1 Å². The fourth-order valence-corrected chi connectivity index (χ4v) is 2.09. The van der Waals surface area contributed by atoms with E-state index < -0.39 is 5.97 Å². The van der Waals surface area contributed by atoms with Crippen LogP contribution in [-0.2, 0) is 9.63 Å². The molecule has 0 aromatic carbocycles. The Bertz CT molecular complexity index is 294.